The molecule has 0 bridgehead atoms. The van der Waals surface area contributed by atoms with E-state index in [9.17, 15) is 23.1 Å². The van der Waals surface area contributed by atoms with Crippen LogP contribution in [0.4, 0.5) is 0 Å². The van der Waals surface area contributed by atoms with Crippen LogP contribution in [0.2, 0.25) is 0 Å². The number of piperidine rings is 1. The highest BCUT2D eigenvalue weighted by Gasteiger charge is 2.25. The number of amides is 1. The van der Waals surface area contributed by atoms with Crippen LogP contribution in [0, 0.1) is 5.92 Å². The maximum atomic E-state index is 12.3. The molecular weight excluding hydrogens is 368 g/mol. The predicted octanol–water partition coefficient (Wildman–Crippen LogP) is 1.99. The Morgan fingerprint density at radius 1 is 1.22 bits per heavy atom. The van der Waals surface area contributed by atoms with Crippen LogP contribution < -0.4 is 4.72 Å². The Hall–Kier alpha value is -1.93. The second-order valence-electron chi connectivity index (χ2n) is 7.13. The molecule has 1 aliphatic heterocycles. The van der Waals surface area contributed by atoms with Gasteiger partial charge in [0.1, 0.15) is 6.04 Å². The van der Waals surface area contributed by atoms with Crippen molar-refractivity contribution in [2.75, 3.05) is 13.1 Å². The smallest absolute Gasteiger partial charge is 0.321 e. The molecule has 150 valence electrons. The lowest BCUT2D eigenvalue weighted by molar-refractivity contribution is -0.139. The van der Waals surface area contributed by atoms with Gasteiger partial charge in [-0.25, -0.2) is 13.1 Å². The number of rotatable bonds is 9. The lowest BCUT2D eigenvalue weighted by Gasteiger charge is -2.31. The Bertz CT molecular complexity index is 728. The molecule has 1 aromatic rings. The molecule has 1 amide bonds. The van der Waals surface area contributed by atoms with Crippen LogP contribution in [0.3, 0.4) is 0 Å². The van der Waals surface area contributed by atoms with E-state index >= 15 is 0 Å². The standard InChI is InChI=1S/C19H28N2O5S/c1-15(22)21-12-10-16(11-13-21)8-5-9-18(19(23)24)20-27(25,26)14-17-6-3-2-4-7-17/h2-4,6-7,16,18,20H,5,8-14H2,1H3,(H,23,24)/t18-/m1/s1. The third kappa shape index (κ3) is 7.30. The fourth-order valence-corrected chi connectivity index (χ4v) is 4.80. The molecule has 1 saturated heterocycles. The molecule has 0 aromatic heterocycles. The Labute approximate surface area is 160 Å². The molecule has 0 saturated carbocycles. The van der Waals surface area contributed by atoms with E-state index in [-0.39, 0.29) is 18.1 Å². The number of likely N-dealkylation sites (tertiary alicyclic amines) is 1. The fourth-order valence-electron chi connectivity index (χ4n) is 3.43. The van der Waals surface area contributed by atoms with Gasteiger partial charge in [-0.15, -0.1) is 0 Å². The summed E-state index contributed by atoms with van der Waals surface area (Å²) in [5, 5.41) is 9.36. The SMILES string of the molecule is CC(=O)N1CCC(CCC[C@@H](NS(=O)(=O)Cc2ccccc2)C(=O)O)CC1. The molecule has 1 aliphatic rings. The first-order valence-electron chi connectivity index (χ1n) is 9.29. The molecule has 1 atom stereocenters. The first kappa shape index (κ1) is 21.4. The summed E-state index contributed by atoms with van der Waals surface area (Å²) in [6.07, 6.45) is 3.57. The number of nitrogens with one attached hydrogen (secondary N) is 1. The molecule has 7 nitrogen and oxygen atoms in total. The van der Waals surface area contributed by atoms with Crippen molar-refractivity contribution in [3.05, 3.63) is 35.9 Å². The summed E-state index contributed by atoms with van der Waals surface area (Å²) in [7, 11) is -3.73. The zero-order valence-corrected chi connectivity index (χ0v) is 16.5. The van der Waals surface area contributed by atoms with Gasteiger partial charge in [0, 0.05) is 20.0 Å². The van der Waals surface area contributed by atoms with Gasteiger partial charge in [-0.05, 0) is 30.7 Å². The van der Waals surface area contributed by atoms with Gasteiger partial charge in [0.15, 0.2) is 0 Å². The molecule has 1 aromatic carbocycles. The summed E-state index contributed by atoms with van der Waals surface area (Å²) < 4.78 is 26.9. The number of carboxylic acid groups (broad SMARTS) is 1. The van der Waals surface area contributed by atoms with Crippen LogP contribution in [0.5, 0.6) is 0 Å². The average Bonchev–Trinajstić information content (AvgIpc) is 2.61. The topological polar surface area (TPSA) is 104 Å². The summed E-state index contributed by atoms with van der Waals surface area (Å²) in [4.78, 5) is 24.6. The van der Waals surface area contributed by atoms with Gasteiger partial charge in [-0.3, -0.25) is 9.59 Å². The summed E-state index contributed by atoms with van der Waals surface area (Å²) in [5.74, 6) is -0.845. The van der Waals surface area contributed by atoms with E-state index < -0.39 is 22.0 Å². The molecular formula is C19H28N2O5S. The van der Waals surface area contributed by atoms with E-state index in [1.807, 2.05) is 4.90 Å². The number of benzene rings is 1. The van der Waals surface area contributed by atoms with Crippen LogP contribution in [0.15, 0.2) is 30.3 Å². The van der Waals surface area contributed by atoms with Crippen molar-refractivity contribution in [2.24, 2.45) is 5.92 Å². The van der Waals surface area contributed by atoms with E-state index in [2.05, 4.69) is 4.72 Å². The number of aliphatic carboxylic acids is 1. The van der Waals surface area contributed by atoms with Gasteiger partial charge in [0.25, 0.3) is 0 Å². The van der Waals surface area contributed by atoms with Crippen molar-refractivity contribution in [1.29, 1.82) is 0 Å². The maximum absolute atomic E-state index is 12.3. The van der Waals surface area contributed by atoms with Crippen molar-refractivity contribution in [3.8, 4) is 0 Å². The van der Waals surface area contributed by atoms with Crippen molar-refractivity contribution < 1.29 is 23.1 Å². The van der Waals surface area contributed by atoms with E-state index in [4.69, 9.17) is 0 Å². The number of carboxylic acids is 1. The Kier molecular flexibility index (Phi) is 7.79. The highest BCUT2D eigenvalue weighted by atomic mass is 32.2. The maximum Gasteiger partial charge on any atom is 0.321 e. The van der Waals surface area contributed by atoms with Crippen molar-refractivity contribution in [2.45, 2.75) is 50.8 Å². The Morgan fingerprint density at radius 3 is 2.41 bits per heavy atom. The molecule has 0 aliphatic carbocycles. The van der Waals surface area contributed by atoms with Gasteiger partial charge in [0.05, 0.1) is 5.75 Å². The van der Waals surface area contributed by atoms with E-state index in [1.165, 1.54) is 0 Å². The number of carbonyl (C=O) groups is 2. The molecule has 1 fully saturated rings. The first-order valence-corrected chi connectivity index (χ1v) is 10.9. The number of hydrogen-bond acceptors (Lipinski definition) is 4. The second kappa shape index (κ2) is 9.85. The van der Waals surface area contributed by atoms with Gasteiger partial charge < -0.3 is 10.0 Å². The predicted molar refractivity (Wildman–Crippen MR) is 102 cm³/mol. The normalized spacial score (nSPS) is 16.9. The number of carbonyl (C=O) groups excluding carboxylic acids is 1. The van der Waals surface area contributed by atoms with Crippen LogP contribution in [-0.2, 0) is 25.4 Å². The van der Waals surface area contributed by atoms with Crippen LogP contribution in [0.1, 0.15) is 44.6 Å². The van der Waals surface area contributed by atoms with E-state index in [0.717, 1.165) is 32.4 Å². The summed E-state index contributed by atoms with van der Waals surface area (Å²) in [6.45, 7) is 3.05. The molecule has 2 N–H and O–H groups in total. The quantitative estimate of drug-likeness (QED) is 0.664. The number of sulfonamides is 1. The Morgan fingerprint density at radius 2 is 1.85 bits per heavy atom. The average molecular weight is 397 g/mol. The lowest BCUT2D eigenvalue weighted by Crippen LogP contribution is -2.41. The minimum absolute atomic E-state index is 0.0900. The zero-order valence-electron chi connectivity index (χ0n) is 15.6. The van der Waals surface area contributed by atoms with Crippen molar-refractivity contribution >= 4 is 21.9 Å². The van der Waals surface area contributed by atoms with E-state index in [1.54, 1.807) is 37.3 Å². The van der Waals surface area contributed by atoms with Crippen LogP contribution in [0.25, 0.3) is 0 Å². The third-order valence-electron chi connectivity index (χ3n) is 4.98. The van der Waals surface area contributed by atoms with Crippen LogP contribution in [-0.4, -0.2) is 49.4 Å². The molecule has 1 heterocycles. The molecule has 27 heavy (non-hydrogen) atoms. The number of hydrogen-bond donors (Lipinski definition) is 2. The molecule has 0 spiro atoms. The Balaban J connectivity index is 1.80. The van der Waals surface area contributed by atoms with Gasteiger partial charge in [-0.2, -0.15) is 0 Å². The largest absolute Gasteiger partial charge is 0.480 e. The highest BCUT2D eigenvalue weighted by molar-refractivity contribution is 7.88. The monoisotopic (exact) mass is 396 g/mol. The first-order chi connectivity index (χ1) is 12.8. The summed E-state index contributed by atoms with van der Waals surface area (Å²) in [6, 6.07) is 7.57. The summed E-state index contributed by atoms with van der Waals surface area (Å²) >= 11 is 0. The summed E-state index contributed by atoms with van der Waals surface area (Å²) in [5.41, 5.74) is 0.617. The zero-order chi connectivity index (χ0) is 19.9. The fraction of sp³-hybridized carbons (Fsp3) is 0.579. The third-order valence-corrected chi connectivity index (χ3v) is 6.34. The highest BCUT2D eigenvalue weighted by Crippen LogP contribution is 2.23. The van der Waals surface area contributed by atoms with Crippen molar-refractivity contribution in [3.63, 3.8) is 0 Å². The lowest BCUT2D eigenvalue weighted by atomic mass is 9.91. The van der Waals surface area contributed by atoms with Gasteiger partial charge in [0.2, 0.25) is 15.9 Å². The second-order valence-corrected chi connectivity index (χ2v) is 8.89. The molecule has 0 radical (unpaired) electrons. The number of nitrogens with zero attached hydrogens (tertiary/aromatic N) is 1. The minimum atomic E-state index is -3.73. The molecule has 2 rings (SSSR count). The van der Waals surface area contributed by atoms with Crippen LogP contribution >= 0.6 is 0 Å². The molecule has 8 heteroatoms. The minimum Gasteiger partial charge on any atom is -0.480 e. The van der Waals surface area contributed by atoms with Gasteiger partial charge >= 0.3 is 5.97 Å². The van der Waals surface area contributed by atoms with Gasteiger partial charge in [-0.1, -0.05) is 43.2 Å². The van der Waals surface area contributed by atoms with E-state index in [0.29, 0.717) is 17.9 Å². The molecule has 0 unspecified atom stereocenters. The van der Waals surface area contributed by atoms with Crippen molar-refractivity contribution in [1.82, 2.24) is 9.62 Å².